The van der Waals surface area contributed by atoms with Gasteiger partial charge in [0.15, 0.2) is 0 Å². The van der Waals surface area contributed by atoms with E-state index in [2.05, 4.69) is 72.5 Å². The van der Waals surface area contributed by atoms with Gasteiger partial charge < -0.3 is 11.1 Å². The average molecular weight is 477 g/mol. The fourth-order valence-electron chi connectivity index (χ4n) is 4.26. The molecule has 4 rings (SSSR count). The van der Waals surface area contributed by atoms with Gasteiger partial charge in [-0.3, -0.25) is 9.78 Å². The molecule has 4 nitrogen and oxygen atoms in total. The number of nitrogens with one attached hydrogen (secondary N) is 1. The zero-order chi connectivity index (χ0) is 18.4. The summed E-state index contributed by atoms with van der Waals surface area (Å²) in [5, 5.41) is 3.38. The van der Waals surface area contributed by atoms with Crippen LogP contribution in [0.4, 0.5) is 5.69 Å². The molecular formula is C20H19Br2N3O. The van der Waals surface area contributed by atoms with Crippen molar-refractivity contribution in [3.63, 3.8) is 0 Å². The fourth-order valence-corrected chi connectivity index (χ4v) is 5.48. The largest absolute Gasteiger partial charge is 0.370 e. The van der Waals surface area contributed by atoms with E-state index >= 15 is 0 Å². The highest BCUT2D eigenvalue weighted by Crippen LogP contribution is 2.55. The van der Waals surface area contributed by atoms with Crippen molar-refractivity contribution in [1.82, 2.24) is 4.98 Å². The van der Waals surface area contributed by atoms with Gasteiger partial charge in [-0.05, 0) is 64.9 Å². The van der Waals surface area contributed by atoms with Crippen molar-refractivity contribution in [2.24, 2.45) is 5.73 Å². The highest BCUT2D eigenvalue weighted by molar-refractivity contribution is 9.12. The number of benzene rings is 1. The van der Waals surface area contributed by atoms with Crippen LogP contribution in [-0.4, -0.2) is 16.4 Å². The highest BCUT2D eigenvalue weighted by atomic mass is 79.9. The van der Waals surface area contributed by atoms with Crippen LogP contribution >= 0.6 is 31.9 Å². The minimum absolute atomic E-state index is 0.0489. The molecule has 0 unspecified atom stereocenters. The van der Waals surface area contributed by atoms with Gasteiger partial charge in [-0.1, -0.05) is 40.2 Å². The number of nitrogens with two attached hydrogens (primary N) is 1. The number of allylic oxidation sites excluding steroid dienone is 1. The number of anilines is 1. The predicted octanol–water partition coefficient (Wildman–Crippen LogP) is 4.74. The number of carbonyl (C=O) groups is 1. The molecule has 1 aromatic carbocycles. The van der Waals surface area contributed by atoms with Crippen molar-refractivity contribution in [2.45, 2.75) is 36.6 Å². The lowest BCUT2D eigenvalue weighted by molar-refractivity contribution is -0.123. The molecule has 3 N–H and O–H groups in total. The van der Waals surface area contributed by atoms with Gasteiger partial charge >= 0.3 is 0 Å². The Bertz CT molecular complexity index is 901. The molecule has 1 amide bonds. The molecule has 2 aromatic rings. The summed E-state index contributed by atoms with van der Waals surface area (Å²) in [6, 6.07) is 10.4. The smallest absolute Gasteiger partial charge is 0.243 e. The molecule has 0 atom stereocenters. The second-order valence-electron chi connectivity index (χ2n) is 7.12. The maximum absolute atomic E-state index is 12.4. The van der Waals surface area contributed by atoms with Gasteiger partial charge in [-0.2, -0.15) is 0 Å². The van der Waals surface area contributed by atoms with Gasteiger partial charge in [0.2, 0.25) is 5.91 Å². The van der Waals surface area contributed by atoms with Crippen LogP contribution in [0, 0.1) is 0 Å². The van der Waals surface area contributed by atoms with Crippen molar-refractivity contribution in [1.29, 1.82) is 0 Å². The normalized spacial score (nSPS) is 27.1. The van der Waals surface area contributed by atoms with E-state index in [0.717, 1.165) is 23.0 Å². The molecular weight excluding hydrogens is 458 g/mol. The number of halogens is 2. The number of amides is 1. The Morgan fingerprint density at radius 2 is 1.85 bits per heavy atom. The highest BCUT2D eigenvalue weighted by Gasteiger charge is 2.50. The van der Waals surface area contributed by atoms with E-state index in [-0.39, 0.29) is 11.3 Å². The van der Waals surface area contributed by atoms with E-state index in [0.29, 0.717) is 12.8 Å². The van der Waals surface area contributed by atoms with Crippen LogP contribution in [0.25, 0.3) is 6.08 Å². The van der Waals surface area contributed by atoms with Crippen molar-refractivity contribution in [3.8, 4) is 0 Å². The third kappa shape index (κ3) is 2.79. The molecule has 1 fully saturated rings. The van der Waals surface area contributed by atoms with E-state index in [4.69, 9.17) is 5.73 Å². The molecule has 0 bridgehead atoms. The molecule has 1 saturated carbocycles. The second kappa shape index (κ2) is 6.50. The van der Waals surface area contributed by atoms with E-state index < -0.39 is 5.54 Å². The number of carbonyl (C=O) groups excluding carboxylic acids is 1. The molecule has 0 aliphatic heterocycles. The summed E-state index contributed by atoms with van der Waals surface area (Å²) in [6.07, 6.45) is 8.71. The average Bonchev–Trinajstić information content (AvgIpc) is 2.89. The fraction of sp³-hybridized carbons (Fsp3) is 0.300. The number of nitrogens with zero attached hydrogens (tertiary/aromatic N) is 1. The van der Waals surface area contributed by atoms with Crippen molar-refractivity contribution >= 4 is 49.5 Å². The first-order valence-electron chi connectivity index (χ1n) is 8.61. The van der Waals surface area contributed by atoms with Crippen molar-refractivity contribution in [2.75, 3.05) is 5.32 Å². The van der Waals surface area contributed by atoms with Crippen LogP contribution in [-0.2, 0) is 10.2 Å². The topological polar surface area (TPSA) is 68.0 Å². The number of aromatic nitrogens is 1. The third-order valence-corrected chi connectivity index (χ3v) is 7.15. The van der Waals surface area contributed by atoms with E-state index in [1.54, 1.807) is 12.4 Å². The lowest BCUT2D eigenvalue weighted by Gasteiger charge is -2.45. The molecule has 2 aliphatic carbocycles. The van der Waals surface area contributed by atoms with Crippen molar-refractivity contribution < 1.29 is 4.79 Å². The van der Waals surface area contributed by atoms with Crippen LogP contribution in [0.3, 0.4) is 0 Å². The van der Waals surface area contributed by atoms with E-state index in [9.17, 15) is 4.79 Å². The first-order valence-corrected chi connectivity index (χ1v) is 10.2. The summed E-state index contributed by atoms with van der Waals surface area (Å²) in [7, 11) is 0. The first kappa shape index (κ1) is 17.7. The Balaban J connectivity index is 1.63. The molecule has 1 aromatic heterocycles. The monoisotopic (exact) mass is 475 g/mol. The number of hydrogen-bond acceptors (Lipinski definition) is 3. The maximum atomic E-state index is 12.4. The van der Waals surface area contributed by atoms with E-state index in [1.165, 1.54) is 15.6 Å². The summed E-state index contributed by atoms with van der Waals surface area (Å²) in [5.41, 5.74) is 8.45. The lowest BCUT2D eigenvalue weighted by Crippen LogP contribution is -2.54. The zero-order valence-corrected chi connectivity index (χ0v) is 17.3. The standard InChI is InChI=1S/C20H19Br2N3O/c21-14-10-15(12-24-11-14)25-20(18(23)26)7-5-19(6-8-20)16-4-2-1-3-13(16)9-17(19)22/h1-4,9-12,25H,5-8H2,(H2,23,26). The van der Waals surface area contributed by atoms with Crippen LogP contribution < -0.4 is 11.1 Å². The van der Waals surface area contributed by atoms with Gasteiger partial charge in [0.1, 0.15) is 5.54 Å². The van der Waals surface area contributed by atoms with Crippen LogP contribution in [0.15, 0.2) is 51.7 Å². The van der Waals surface area contributed by atoms with Crippen LogP contribution in [0.2, 0.25) is 0 Å². The molecule has 2 aliphatic rings. The Labute approximate surface area is 169 Å². The minimum Gasteiger partial charge on any atom is -0.370 e. The van der Waals surface area contributed by atoms with Crippen LogP contribution in [0.5, 0.6) is 0 Å². The number of pyridine rings is 1. The molecule has 0 radical (unpaired) electrons. The Hall–Kier alpha value is -1.66. The van der Waals surface area contributed by atoms with E-state index in [1.807, 2.05) is 6.07 Å². The van der Waals surface area contributed by atoms with Gasteiger partial charge in [0, 0.05) is 20.6 Å². The van der Waals surface area contributed by atoms with Crippen LogP contribution in [0.1, 0.15) is 36.8 Å². The van der Waals surface area contributed by atoms with Gasteiger partial charge in [0.25, 0.3) is 0 Å². The molecule has 26 heavy (non-hydrogen) atoms. The molecule has 0 saturated heterocycles. The Morgan fingerprint density at radius 3 is 2.54 bits per heavy atom. The van der Waals surface area contributed by atoms with Gasteiger partial charge in [-0.15, -0.1) is 0 Å². The molecule has 6 heteroatoms. The molecule has 1 heterocycles. The van der Waals surface area contributed by atoms with Gasteiger partial charge in [-0.25, -0.2) is 0 Å². The van der Waals surface area contributed by atoms with Gasteiger partial charge in [0.05, 0.1) is 11.9 Å². The number of fused-ring (bicyclic) bond motifs is 2. The Morgan fingerprint density at radius 1 is 1.12 bits per heavy atom. The number of rotatable bonds is 3. The maximum Gasteiger partial charge on any atom is 0.243 e. The SMILES string of the molecule is NC(=O)C1(Nc2cncc(Br)c2)CCC2(CC1)C(Br)=Cc1ccccc12. The second-order valence-corrected chi connectivity index (χ2v) is 8.89. The third-order valence-electron chi connectivity index (χ3n) is 5.73. The Kier molecular flexibility index (Phi) is 4.43. The quantitative estimate of drug-likeness (QED) is 0.672. The lowest BCUT2D eigenvalue weighted by atomic mass is 9.65. The minimum atomic E-state index is -0.751. The van der Waals surface area contributed by atoms with Crippen molar-refractivity contribution in [3.05, 3.63) is 62.8 Å². The number of hydrogen-bond donors (Lipinski definition) is 2. The zero-order valence-electron chi connectivity index (χ0n) is 14.1. The summed E-state index contributed by atoms with van der Waals surface area (Å²) in [5.74, 6) is -0.307. The summed E-state index contributed by atoms with van der Waals surface area (Å²) in [4.78, 5) is 16.6. The first-order chi connectivity index (χ1) is 12.5. The number of primary amides is 1. The molecule has 1 spiro atoms. The summed E-state index contributed by atoms with van der Waals surface area (Å²) in [6.45, 7) is 0. The summed E-state index contributed by atoms with van der Waals surface area (Å²) >= 11 is 7.22. The molecule has 134 valence electrons. The summed E-state index contributed by atoms with van der Waals surface area (Å²) < 4.78 is 2.07. The predicted molar refractivity (Wildman–Crippen MR) is 111 cm³/mol.